The Morgan fingerprint density at radius 1 is 1.34 bits per heavy atom. The highest BCUT2D eigenvalue weighted by molar-refractivity contribution is 6.23. The number of nitrogens with one attached hydrogen (secondary N) is 1. The number of pyridine rings is 1. The molecule has 1 aromatic rings. The van der Waals surface area contributed by atoms with E-state index in [0.29, 0.717) is 6.07 Å². The van der Waals surface area contributed by atoms with Gasteiger partial charge in [-0.05, 0) is 18.2 Å². The number of allylic oxidation sites excluding steroid dienone is 4. The van der Waals surface area contributed by atoms with Crippen LogP contribution in [0.5, 0.6) is 0 Å². The predicted molar refractivity (Wildman–Crippen MR) is 106 cm³/mol. The molecule has 3 atom stereocenters. The molecule has 3 amide bonds. The topological polar surface area (TPSA) is 65.5 Å². The number of nitrogens with zero attached hydrogens (tertiary/aromatic N) is 3. The normalized spacial score (nSPS) is 24.8. The summed E-state index contributed by atoms with van der Waals surface area (Å²) >= 11 is 5.69. The van der Waals surface area contributed by atoms with Crippen molar-refractivity contribution in [2.45, 2.75) is 30.2 Å². The van der Waals surface area contributed by atoms with Crippen LogP contribution in [0.25, 0.3) is 6.08 Å². The van der Waals surface area contributed by atoms with Gasteiger partial charge in [0.15, 0.2) is 0 Å². The van der Waals surface area contributed by atoms with E-state index < -0.39 is 47.1 Å². The molecule has 1 fully saturated rings. The highest BCUT2D eigenvalue weighted by Gasteiger charge is 2.43. The van der Waals surface area contributed by atoms with Crippen molar-refractivity contribution >= 4 is 35.4 Å². The lowest BCUT2D eigenvalue weighted by Gasteiger charge is -2.29. The van der Waals surface area contributed by atoms with Gasteiger partial charge in [-0.1, -0.05) is 12.2 Å². The van der Waals surface area contributed by atoms with Gasteiger partial charge in [0, 0.05) is 25.6 Å². The van der Waals surface area contributed by atoms with Gasteiger partial charge in [0.2, 0.25) is 0 Å². The first-order chi connectivity index (χ1) is 15.0. The van der Waals surface area contributed by atoms with Gasteiger partial charge in [-0.2, -0.15) is 13.2 Å². The van der Waals surface area contributed by atoms with Crippen LogP contribution in [0.2, 0.25) is 0 Å². The van der Waals surface area contributed by atoms with E-state index >= 15 is 0 Å². The summed E-state index contributed by atoms with van der Waals surface area (Å²) in [6.45, 7) is -0.241. The number of rotatable bonds is 3. The number of likely N-dealkylation sites (N-methyl/N-ethyl adjacent to an activating group) is 1. The summed E-state index contributed by atoms with van der Waals surface area (Å²) in [5.74, 6) is -2.23. The second kappa shape index (κ2) is 7.88. The number of alkyl halides is 5. The zero-order chi connectivity index (χ0) is 23.4. The van der Waals surface area contributed by atoms with Crippen LogP contribution < -0.4 is 10.2 Å². The third-order valence-electron chi connectivity index (χ3n) is 5.43. The molecular weight excluding hydrogens is 459 g/mol. The van der Waals surface area contributed by atoms with Crippen LogP contribution in [0.15, 0.2) is 35.8 Å². The maximum atomic E-state index is 14.4. The molecule has 0 spiro atoms. The largest absolute Gasteiger partial charge is 0.417 e. The minimum Gasteiger partial charge on any atom is -0.335 e. The van der Waals surface area contributed by atoms with Crippen molar-refractivity contribution in [1.29, 1.82) is 0 Å². The van der Waals surface area contributed by atoms with Gasteiger partial charge in [-0.15, -0.1) is 11.6 Å². The van der Waals surface area contributed by atoms with Crippen molar-refractivity contribution in [3.8, 4) is 0 Å². The Hall–Kier alpha value is -2.95. The Bertz CT molecular complexity index is 1080. The van der Waals surface area contributed by atoms with Crippen LogP contribution in [0.3, 0.4) is 0 Å². The lowest BCUT2D eigenvalue weighted by atomic mass is 10.1. The van der Waals surface area contributed by atoms with Crippen molar-refractivity contribution in [1.82, 2.24) is 15.2 Å². The third kappa shape index (κ3) is 3.64. The maximum Gasteiger partial charge on any atom is 0.417 e. The molecule has 1 saturated heterocycles. The molecule has 1 aliphatic heterocycles. The van der Waals surface area contributed by atoms with E-state index in [-0.39, 0.29) is 35.7 Å². The molecule has 3 aliphatic rings. The van der Waals surface area contributed by atoms with Crippen LogP contribution in [0.1, 0.15) is 16.8 Å². The Balaban J connectivity index is 1.70. The first-order valence-electron chi connectivity index (χ1n) is 9.49. The molecule has 1 N–H and O–H groups in total. The monoisotopic (exact) mass is 474 g/mol. The van der Waals surface area contributed by atoms with Gasteiger partial charge in [-0.25, -0.2) is 18.6 Å². The van der Waals surface area contributed by atoms with Crippen LogP contribution >= 0.6 is 11.6 Å². The lowest BCUT2D eigenvalue weighted by molar-refractivity contribution is -0.137. The molecule has 2 heterocycles. The Morgan fingerprint density at radius 2 is 2.06 bits per heavy atom. The van der Waals surface area contributed by atoms with Gasteiger partial charge in [-0.3, -0.25) is 9.69 Å². The van der Waals surface area contributed by atoms with Crippen LogP contribution in [0.4, 0.5) is 32.6 Å². The summed E-state index contributed by atoms with van der Waals surface area (Å²) in [4.78, 5) is 31.4. The first kappa shape index (κ1) is 22.3. The Kier molecular flexibility index (Phi) is 5.48. The Morgan fingerprint density at radius 3 is 2.75 bits per heavy atom. The molecule has 0 saturated carbocycles. The molecule has 2 aliphatic carbocycles. The molecule has 2 unspecified atom stereocenters. The highest BCUT2D eigenvalue weighted by atomic mass is 35.5. The van der Waals surface area contributed by atoms with E-state index in [1.54, 1.807) is 0 Å². The minimum absolute atomic E-state index is 0.0886. The Labute approximate surface area is 184 Å². The number of amides is 3. The number of halogens is 6. The summed E-state index contributed by atoms with van der Waals surface area (Å²) in [5.41, 5.74) is -1.25. The number of anilines is 1. The molecule has 0 radical (unpaired) electrons. The molecule has 170 valence electrons. The number of fused-ring (bicyclic) bond motifs is 1. The van der Waals surface area contributed by atoms with Gasteiger partial charge in [0.25, 0.3) is 5.91 Å². The van der Waals surface area contributed by atoms with E-state index in [9.17, 15) is 31.5 Å². The second-order valence-corrected chi connectivity index (χ2v) is 7.87. The molecule has 1 aromatic heterocycles. The van der Waals surface area contributed by atoms with Crippen LogP contribution in [-0.2, 0) is 17.4 Å². The van der Waals surface area contributed by atoms with Gasteiger partial charge >= 0.3 is 12.2 Å². The number of hydrogen-bond donors (Lipinski definition) is 1. The zero-order valence-electron chi connectivity index (χ0n) is 16.5. The van der Waals surface area contributed by atoms with Crippen molar-refractivity contribution in [3.63, 3.8) is 0 Å². The molecule has 4 rings (SSSR count). The number of hydrogen-bond acceptors (Lipinski definition) is 3. The summed E-state index contributed by atoms with van der Waals surface area (Å²) in [7, 11) is 1.20. The molecule has 6 nitrogen and oxygen atoms in total. The highest BCUT2D eigenvalue weighted by Crippen LogP contribution is 2.38. The van der Waals surface area contributed by atoms with E-state index in [1.165, 1.54) is 19.2 Å². The fraction of sp³-hybridized carbons (Fsp3) is 0.350. The van der Waals surface area contributed by atoms with Gasteiger partial charge < -0.3 is 10.2 Å². The predicted octanol–water partition coefficient (Wildman–Crippen LogP) is 3.72. The minimum atomic E-state index is -4.71. The summed E-state index contributed by atoms with van der Waals surface area (Å²) < 4.78 is 68.8. The van der Waals surface area contributed by atoms with E-state index in [1.807, 2.05) is 0 Å². The number of aromatic nitrogens is 1. The van der Waals surface area contributed by atoms with Crippen molar-refractivity contribution in [2.24, 2.45) is 0 Å². The second-order valence-electron chi connectivity index (χ2n) is 7.40. The van der Waals surface area contributed by atoms with E-state index in [4.69, 9.17) is 11.6 Å². The van der Waals surface area contributed by atoms with Gasteiger partial charge in [0.1, 0.15) is 29.2 Å². The average molecular weight is 475 g/mol. The van der Waals surface area contributed by atoms with Gasteiger partial charge in [0.05, 0.1) is 17.0 Å². The molecule has 12 heteroatoms. The molecular formula is C20H16ClF5N4O2. The average Bonchev–Trinajstić information content (AvgIpc) is 3.35. The van der Waals surface area contributed by atoms with Crippen LogP contribution in [-0.4, -0.2) is 53.0 Å². The van der Waals surface area contributed by atoms with Crippen molar-refractivity contribution < 1.29 is 31.5 Å². The summed E-state index contributed by atoms with van der Waals surface area (Å²) in [6.07, 6.45) is -1.48. The maximum absolute atomic E-state index is 14.4. The number of carbonyl (C=O) groups excluding carboxylic acids is 2. The first-order valence-corrected chi connectivity index (χ1v) is 9.92. The van der Waals surface area contributed by atoms with E-state index in [0.717, 1.165) is 22.0 Å². The SMILES string of the molecule is CN(C(=O)[C@@H]1CNC(=O)N1c1cc(C(F)(F)F)c2c(n1)CC=C2)C1=C(F)C(Cl)C(F)C=C1. The van der Waals surface area contributed by atoms with Crippen molar-refractivity contribution in [3.05, 3.63) is 52.6 Å². The van der Waals surface area contributed by atoms with E-state index in [2.05, 4.69) is 10.3 Å². The smallest absolute Gasteiger partial charge is 0.335 e. The fourth-order valence-corrected chi connectivity index (χ4v) is 4.00. The molecule has 0 aromatic carbocycles. The number of urea groups is 1. The zero-order valence-corrected chi connectivity index (χ0v) is 17.2. The third-order valence-corrected chi connectivity index (χ3v) is 5.86. The quantitative estimate of drug-likeness (QED) is 0.536. The number of carbonyl (C=O) groups is 2. The molecule has 32 heavy (non-hydrogen) atoms. The standard InChI is InChI=1S/C20H16ClF5N4O2/c1-29(13-6-5-11(22)16(21)17(13)23)18(31)14-8-27-19(32)30(14)15-7-10(20(24,25)26)9-3-2-4-12(9)28-15/h2-3,5-7,11,14,16H,4,8H2,1H3,(H,27,32)/t11?,14-,16?/m0/s1. The fourth-order valence-electron chi connectivity index (χ4n) is 3.80. The van der Waals surface area contributed by atoms with Crippen LogP contribution in [0, 0.1) is 0 Å². The summed E-state index contributed by atoms with van der Waals surface area (Å²) in [6, 6.07) is -1.42. The molecule has 0 bridgehead atoms. The van der Waals surface area contributed by atoms with Crippen molar-refractivity contribution in [2.75, 3.05) is 18.5 Å². The summed E-state index contributed by atoms with van der Waals surface area (Å²) in [5, 5.41) is 0.778. The lowest BCUT2D eigenvalue weighted by Crippen LogP contribution is -2.47.